The van der Waals surface area contributed by atoms with Gasteiger partial charge in [0.15, 0.2) is 12.4 Å². The monoisotopic (exact) mass is 312 g/mol. The van der Waals surface area contributed by atoms with Gasteiger partial charge in [-0.3, -0.25) is 4.79 Å². The first-order chi connectivity index (χ1) is 10.8. The van der Waals surface area contributed by atoms with Crippen LogP contribution in [-0.4, -0.2) is 23.5 Å². The quantitative estimate of drug-likeness (QED) is 0.846. The maximum atomic E-state index is 12.5. The van der Waals surface area contributed by atoms with Crippen molar-refractivity contribution in [3.8, 4) is 16.9 Å². The zero-order valence-electron chi connectivity index (χ0n) is 13.5. The topological polar surface area (TPSA) is 63.6 Å². The van der Waals surface area contributed by atoms with Crippen molar-refractivity contribution in [1.82, 2.24) is 0 Å². The lowest BCUT2D eigenvalue weighted by atomic mass is 9.85. The number of carboxylic acid groups (broad SMARTS) is 1. The maximum Gasteiger partial charge on any atom is 0.341 e. The van der Waals surface area contributed by atoms with Crippen LogP contribution in [0.25, 0.3) is 11.1 Å². The lowest BCUT2D eigenvalue weighted by Crippen LogP contribution is -2.20. The van der Waals surface area contributed by atoms with Crippen LogP contribution in [0.3, 0.4) is 0 Å². The first kappa shape index (κ1) is 16.7. The van der Waals surface area contributed by atoms with Crippen molar-refractivity contribution in [3.05, 3.63) is 54.1 Å². The van der Waals surface area contributed by atoms with Gasteiger partial charge in [-0.25, -0.2) is 4.79 Å². The number of benzene rings is 2. The Hall–Kier alpha value is -2.62. The van der Waals surface area contributed by atoms with Gasteiger partial charge < -0.3 is 9.84 Å². The van der Waals surface area contributed by atoms with Crippen molar-refractivity contribution >= 4 is 11.8 Å². The van der Waals surface area contributed by atoms with E-state index in [2.05, 4.69) is 0 Å². The molecule has 2 aromatic rings. The molecule has 4 nitrogen and oxygen atoms in total. The van der Waals surface area contributed by atoms with Gasteiger partial charge in [0.25, 0.3) is 0 Å². The van der Waals surface area contributed by atoms with Gasteiger partial charge in [-0.05, 0) is 23.8 Å². The molecule has 0 spiro atoms. The van der Waals surface area contributed by atoms with Gasteiger partial charge in [0.1, 0.15) is 5.75 Å². The zero-order valence-corrected chi connectivity index (χ0v) is 13.5. The second-order valence-electron chi connectivity index (χ2n) is 6.34. The van der Waals surface area contributed by atoms with Crippen LogP contribution in [0.4, 0.5) is 0 Å². The standard InChI is InChI=1S/C19H20O4/c1-19(2,3)18(22)14-9-10-16(23-12-17(20)21)15(11-14)13-7-5-4-6-8-13/h4-11H,12H2,1-3H3,(H,20,21). The summed E-state index contributed by atoms with van der Waals surface area (Å²) in [5, 5.41) is 8.81. The molecule has 120 valence electrons. The summed E-state index contributed by atoms with van der Waals surface area (Å²) >= 11 is 0. The highest BCUT2D eigenvalue weighted by Gasteiger charge is 2.24. The number of Topliss-reactive ketones (excluding diaryl/α,β-unsaturated/α-hetero) is 1. The van der Waals surface area contributed by atoms with Crippen LogP contribution in [0, 0.1) is 5.41 Å². The molecule has 0 bridgehead atoms. The van der Waals surface area contributed by atoms with E-state index >= 15 is 0 Å². The first-order valence-corrected chi connectivity index (χ1v) is 7.38. The third-order valence-electron chi connectivity index (χ3n) is 3.36. The third kappa shape index (κ3) is 4.19. The minimum absolute atomic E-state index is 0.0273. The zero-order chi connectivity index (χ0) is 17.0. The van der Waals surface area contributed by atoms with E-state index in [0.717, 1.165) is 5.56 Å². The van der Waals surface area contributed by atoms with E-state index in [4.69, 9.17) is 9.84 Å². The van der Waals surface area contributed by atoms with E-state index in [1.165, 1.54) is 0 Å². The molecule has 0 unspecified atom stereocenters. The Morgan fingerprint density at radius 3 is 2.26 bits per heavy atom. The molecule has 2 aromatic carbocycles. The summed E-state index contributed by atoms with van der Waals surface area (Å²) in [6.45, 7) is 5.18. The lowest BCUT2D eigenvalue weighted by Gasteiger charge is -2.18. The normalized spacial score (nSPS) is 11.1. The molecule has 4 heteroatoms. The molecule has 0 amide bonds. The Kier molecular flexibility index (Phi) is 4.84. The second kappa shape index (κ2) is 6.65. The fraction of sp³-hybridized carbons (Fsp3) is 0.263. The van der Waals surface area contributed by atoms with Crippen LogP contribution in [0.2, 0.25) is 0 Å². The summed E-state index contributed by atoms with van der Waals surface area (Å²) in [6, 6.07) is 14.6. The molecule has 0 aliphatic carbocycles. The maximum absolute atomic E-state index is 12.5. The van der Waals surface area contributed by atoms with Gasteiger partial charge in [0.05, 0.1) is 0 Å². The molecule has 0 saturated heterocycles. The summed E-state index contributed by atoms with van der Waals surface area (Å²) in [5.74, 6) is -0.567. The van der Waals surface area contributed by atoms with Crippen molar-refractivity contribution in [2.24, 2.45) is 5.41 Å². The van der Waals surface area contributed by atoms with Crippen molar-refractivity contribution < 1.29 is 19.4 Å². The average Bonchev–Trinajstić information content (AvgIpc) is 2.52. The van der Waals surface area contributed by atoms with Gasteiger partial charge in [-0.2, -0.15) is 0 Å². The van der Waals surface area contributed by atoms with E-state index < -0.39 is 18.0 Å². The van der Waals surface area contributed by atoms with Gasteiger partial charge in [-0.15, -0.1) is 0 Å². The molecule has 1 N–H and O–H groups in total. The highest BCUT2D eigenvalue weighted by molar-refractivity contribution is 6.01. The van der Waals surface area contributed by atoms with Crippen LogP contribution in [-0.2, 0) is 4.79 Å². The highest BCUT2D eigenvalue weighted by Crippen LogP contribution is 2.33. The summed E-state index contributed by atoms with van der Waals surface area (Å²) in [5.41, 5.74) is 1.68. The lowest BCUT2D eigenvalue weighted by molar-refractivity contribution is -0.139. The van der Waals surface area contributed by atoms with Gasteiger partial charge >= 0.3 is 5.97 Å². The highest BCUT2D eigenvalue weighted by atomic mass is 16.5. The van der Waals surface area contributed by atoms with Crippen LogP contribution in [0.15, 0.2) is 48.5 Å². The molecule has 2 rings (SSSR count). The summed E-state index contributed by atoms with van der Waals surface area (Å²) in [4.78, 5) is 23.2. The summed E-state index contributed by atoms with van der Waals surface area (Å²) in [6.07, 6.45) is 0. The van der Waals surface area contributed by atoms with E-state index in [1.807, 2.05) is 51.1 Å². The fourth-order valence-corrected chi connectivity index (χ4v) is 2.21. The molecule has 0 aromatic heterocycles. The van der Waals surface area contributed by atoms with Crippen LogP contribution < -0.4 is 4.74 Å². The summed E-state index contributed by atoms with van der Waals surface area (Å²) < 4.78 is 5.36. The SMILES string of the molecule is CC(C)(C)C(=O)c1ccc(OCC(=O)O)c(-c2ccccc2)c1. The second-order valence-corrected chi connectivity index (χ2v) is 6.34. The number of ketones is 1. The molecule has 0 atom stereocenters. The number of carbonyl (C=O) groups excluding carboxylic acids is 1. The molecule has 0 aliphatic rings. The summed E-state index contributed by atoms with van der Waals surface area (Å²) in [7, 11) is 0. The average molecular weight is 312 g/mol. The Balaban J connectivity index is 2.48. The molecule has 0 radical (unpaired) electrons. The smallest absolute Gasteiger partial charge is 0.341 e. The van der Waals surface area contributed by atoms with Crippen molar-refractivity contribution in [2.75, 3.05) is 6.61 Å². The molecular formula is C19H20O4. The number of carboxylic acids is 1. The first-order valence-electron chi connectivity index (χ1n) is 7.38. The molecule has 23 heavy (non-hydrogen) atoms. The van der Waals surface area contributed by atoms with E-state index in [1.54, 1.807) is 18.2 Å². The van der Waals surface area contributed by atoms with E-state index in [9.17, 15) is 9.59 Å². The van der Waals surface area contributed by atoms with Gasteiger partial charge in [0, 0.05) is 16.5 Å². The molecule has 0 fully saturated rings. The van der Waals surface area contributed by atoms with Crippen molar-refractivity contribution in [2.45, 2.75) is 20.8 Å². The number of hydrogen-bond acceptors (Lipinski definition) is 3. The third-order valence-corrected chi connectivity index (χ3v) is 3.36. The Morgan fingerprint density at radius 2 is 1.70 bits per heavy atom. The number of carbonyl (C=O) groups is 2. The molecule has 0 aliphatic heterocycles. The number of aliphatic carboxylic acids is 1. The van der Waals surface area contributed by atoms with Crippen LogP contribution in [0.5, 0.6) is 5.75 Å². The van der Waals surface area contributed by atoms with Crippen molar-refractivity contribution in [3.63, 3.8) is 0 Å². The predicted octanol–water partition coefficient (Wildman–Crippen LogP) is 4.05. The Labute approximate surface area is 135 Å². The number of ether oxygens (including phenoxy) is 1. The van der Waals surface area contributed by atoms with Crippen LogP contribution >= 0.6 is 0 Å². The van der Waals surface area contributed by atoms with Gasteiger partial charge in [-0.1, -0.05) is 51.1 Å². The van der Waals surface area contributed by atoms with E-state index in [-0.39, 0.29) is 5.78 Å². The van der Waals surface area contributed by atoms with Crippen LogP contribution in [0.1, 0.15) is 31.1 Å². The largest absolute Gasteiger partial charge is 0.481 e. The minimum Gasteiger partial charge on any atom is -0.481 e. The van der Waals surface area contributed by atoms with E-state index in [0.29, 0.717) is 16.9 Å². The molecule has 0 heterocycles. The van der Waals surface area contributed by atoms with Gasteiger partial charge in [0.2, 0.25) is 0 Å². The number of hydrogen-bond donors (Lipinski definition) is 1. The fourth-order valence-electron chi connectivity index (χ4n) is 2.21. The number of rotatable bonds is 5. The Morgan fingerprint density at radius 1 is 1.04 bits per heavy atom. The van der Waals surface area contributed by atoms with Crippen molar-refractivity contribution in [1.29, 1.82) is 0 Å². The predicted molar refractivity (Wildman–Crippen MR) is 88.8 cm³/mol. The Bertz CT molecular complexity index is 712. The molecular weight excluding hydrogens is 292 g/mol. The minimum atomic E-state index is -1.04. The molecule has 0 saturated carbocycles.